The van der Waals surface area contributed by atoms with Crippen molar-refractivity contribution >= 4 is 29.3 Å². The fourth-order valence-corrected chi connectivity index (χ4v) is 2.93. The molecule has 0 saturated heterocycles. The number of hydrogen-bond donors (Lipinski definition) is 0. The monoisotopic (exact) mass is 291 g/mol. The van der Waals surface area contributed by atoms with Gasteiger partial charge in [0.1, 0.15) is 0 Å². The van der Waals surface area contributed by atoms with Crippen LogP contribution in [-0.2, 0) is 4.79 Å². The predicted octanol–water partition coefficient (Wildman–Crippen LogP) is 2.91. The van der Waals surface area contributed by atoms with Crippen molar-refractivity contribution in [1.29, 1.82) is 0 Å². The topological polar surface area (TPSA) is 40.1 Å². The van der Waals surface area contributed by atoms with Crippen LogP contribution in [0, 0.1) is 0 Å². The molecule has 4 heteroatoms. The quantitative estimate of drug-likeness (QED) is 0.850. The number of carbonyl (C=O) groups is 1. The third kappa shape index (κ3) is 4.01. The van der Waals surface area contributed by atoms with Crippen molar-refractivity contribution in [3.05, 3.63) is 70.7 Å². The van der Waals surface area contributed by atoms with Crippen molar-refractivity contribution in [3.8, 4) is 0 Å². The van der Waals surface area contributed by atoms with Crippen LogP contribution in [0.5, 0.6) is 0 Å². The van der Waals surface area contributed by atoms with Crippen LogP contribution in [0.2, 0.25) is 5.02 Å². The molecule has 2 nitrogen and oxygen atoms in total. The summed E-state index contributed by atoms with van der Waals surface area (Å²) < 4.78 is 0. The standard InChI is InChI=1S/C15H13ClO2S/c16-13-8-6-12(7-9-13)15(19-10-14(17)18)11-4-2-1-3-5-11/h1-9,15H,10H2,(H,17,18)/p-1/t15-/m0/s1. The average molecular weight is 292 g/mol. The highest BCUT2D eigenvalue weighted by Gasteiger charge is 2.14. The van der Waals surface area contributed by atoms with Gasteiger partial charge in [-0.3, -0.25) is 0 Å². The number of aliphatic carboxylic acids is 1. The van der Waals surface area contributed by atoms with Gasteiger partial charge in [-0.1, -0.05) is 54.1 Å². The van der Waals surface area contributed by atoms with E-state index in [4.69, 9.17) is 11.6 Å². The summed E-state index contributed by atoms with van der Waals surface area (Å²) in [6.07, 6.45) is 0. The zero-order valence-electron chi connectivity index (χ0n) is 10.1. The smallest absolute Gasteiger partial charge is 0.0550 e. The van der Waals surface area contributed by atoms with E-state index in [9.17, 15) is 9.90 Å². The lowest BCUT2D eigenvalue weighted by Gasteiger charge is -2.18. The fraction of sp³-hybridized carbons (Fsp3) is 0.133. The van der Waals surface area contributed by atoms with Crippen molar-refractivity contribution < 1.29 is 9.90 Å². The predicted molar refractivity (Wildman–Crippen MR) is 77.2 cm³/mol. The lowest BCUT2D eigenvalue weighted by Crippen LogP contribution is -2.24. The van der Waals surface area contributed by atoms with E-state index in [1.807, 2.05) is 54.6 Å². The maximum atomic E-state index is 10.7. The largest absolute Gasteiger partial charge is 0.549 e. The Morgan fingerprint density at radius 3 is 2.21 bits per heavy atom. The van der Waals surface area contributed by atoms with Crippen LogP contribution in [-0.4, -0.2) is 11.7 Å². The molecular formula is C15H12ClO2S-. The minimum atomic E-state index is -1.06. The van der Waals surface area contributed by atoms with E-state index >= 15 is 0 Å². The van der Waals surface area contributed by atoms with Gasteiger partial charge in [0.25, 0.3) is 0 Å². The van der Waals surface area contributed by atoms with Crippen molar-refractivity contribution in [3.63, 3.8) is 0 Å². The summed E-state index contributed by atoms with van der Waals surface area (Å²) in [4.78, 5) is 10.7. The van der Waals surface area contributed by atoms with Gasteiger partial charge < -0.3 is 9.90 Å². The van der Waals surface area contributed by atoms with E-state index in [0.717, 1.165) is 11.1 Å². The van der Waals surface area contributed by atoms with E-state index in [0.29, 0.717) is 5.02 Å². The first-order chi connectivity index (χ1) is 9.16. The van der Waals surface area contributed by atoms with Gasteiger partial charge >= 0.3 is 0 Å². The molecule has 0 saturated carbocycles. The number of carboxylic acid groups (broad SMARTS) is 1. The number of benzene rings is 2. The minimum absolute atomic E-state index is 0.0311. The van der Waals surface area contributed by atoms with E-state index < -0.39 is 5.97 Å². The van der Waals surface area contributed by atoms with Crippen molar-refractivity contribution in [2.24, 2.45) is 0 Å². The summed E-state index contributed by atoms with van der Waals surface area (Å²) in [6, 6.07) is 17.3. The third-order valence-electron chi connectivity index (χ3n) is 2.64. The Bertz CT molecular complexity index is 540. The van der Waals surface area contributed by atoms with Crippen LogP contribution in [0.1, 0.15) is 16.4 Å². The number of carboxylic acids is 1. The molecule has 0 spiro atoms. The highest BCUT2D eigenvalue weighted by atomic mass is 35.5. The Balaban J connectivity index is 2.28. The van der Waals surface area contributed by atoms with Gasteiger partial charge in [-0.2, -0.15) is 0 Å². The van der Waals surface area contributed by atoms with Crippen molar-refractivity contribution in [2.75, 3.05) is 5.75 Å². The first-order valence-corrected chi connectivity index (χ1v) is 7.21. The Morgan fingerprint density at radius 2 is 1.63 bits per heavy atom. The summed E-state index contributed by atoms with van der Waals surface area (Å²) in [6.45, 7) is 0. The first kappa shape index (κ1) is 14.0. The van der Waals surface area contributed by atoms with Gasteiger partial charge in [-0.15, -0.1) is 11.8 Å². The lowest BCUT2D eigenvalue weighted by atomic mass is 10.0. The summed E-state index contributed by atoms with van der Waals surface area (Å²) in [5, 5.41) is 11.3. The van der Waals surface area contributed by atoms with Crippen LogP contribution in [0.3, 0.4) is 0 Å². The van der Waals surface area contributed by atoms with Crippen LogP contribution >= 0.6 is 23.4 Å². The van der Waals surface area contributed by atoms with E-state index in [1.54, 1.807) is 0 Å². The molecule has 0 bridgehead atoms. The van der Waals surface area contributed by atoms with Crippen molar-refractivity contribution in [1.82, 2.24) is 0 Å². The molecule has 19 heavy (non-hydrogen) atoms. The SMILES string of the molecule is O=C([O-])CS[C@@H](c1ccccc1)c1ccc(Cl)cc1. The molecule has 98 valence electrons. The van der Waals surface area contributed by atoms with Crippen LogP contribution in [0.4, 0.5) is 0 Å². The molecule has 0 fully saturated rings. The van der Waals surface area contributed by atoms with Gasteiger partial charge in [0.2, 0.25) is 0 Å². The molecule has 0 N–H and O–H groups in total. The van der Waals surface area contributed by atoms with Crippen LogP contribution < -0.4 is 5.11 Å². The van der Waals surface area contributed by atoms with Crippen LogP contribution in [0.25, 0.3) is 0 Å². The lowest BCUT2D eigenvalue weighted by molar-refractivity contribution is -0.301. The van der Waals surface area contributed by atoms with Crippen LogP contribution in [0.15, 0.2) is 54.6 Å². The molecule has 1 atom stereocenters. The number of carbonyl (C=O) groups excluding carboxylic acids is 1. The molecule has 0 radical (unpaired) electrons. The second kappa shape index (κ2) is 6.64. The van der Waals surface area contributed by atoms with Gasteiger partial charge in [0, 0.05) is 10.8 Å². The molecule has 2 aromatic rings. The summed E-state index contributed by atoms with van der Waals surface area (Å²) >= 11 is 7.22. The molecule has 2 rings (SSSR count). The van der Waals surface area contributed by atoms with E-state index in [2.05, 4.69) is 0 Å². The second-order valence-corrected chi connectivity index (χ2v) is 5.56. The summed E-state index contributed by atoms with van der Waals surface area (Å²) in [7, 11) is 0. The maximum Gasteiger partial charge on any atom is 0.0550 e. The Hall–Kier alpha value is -1.45. The van der Waals surface area contributed by atoms with Gasteiger partial charge in [0.05, 0.1) is 11.2 Å². The van der Waals surface area contributed by atoms with E-state index in [1.165, 1.54) is 11.8 Å². The first-order valence-electron chi connectivity index (χ1n) is 5.78. The molecule has 0 amide bonds. The maximum absolute atomic E-state index is 10.7. The molecule has 0 aliphatic carbocycles. The Morgan fingerprint density at radius 1 is 1.05 bits per heavy atom. The number of hydrogen-bond acceptors (Lipinski definition) is 3. The van der Waals surface area contributed by atoms with Gasteiger partial charge in [-0.25, -0.2) is 0 Å². The highest BCUT2D eigenvalue weighted by Crippen LogP contribution is 2.35. The normalized spacial score (nSPS) is 12.1. The molecular weight excluding hydrogens is 280 g/mol. The molecule has 0 aromatic heterocycles. The van der Waals surface area contributed by atoms with E-state index in [-0.39, 0.29) is 11.0 Å². The number of thioether (sulfide) groups is 1. The summed E-state index contributed by atoms with van der Waals surface area (Å²) in [5.41, 5.74) is 2.10. The number of rotatable bonds is 5. The average Bonchev–Trinajstić information content (AvgIpc) is 2.42. The third-order valence-corrected chi connectivity index (χ3v) is 4.17. The molecule has 0 aliphatic rings. The zero-order chi connectivity index (χ0) is 13.7. The minimum Gasteiger partial charge on any atom is -0.549 e. The molecule has 0 unspecified atom stereocenters. The molecule has 0 aliphatic heterocycles. The Labute approximate surface area is 121 Å². The summed E-state index contributed by atoms with van der Waals surface area (Å²) in [5.74, 6) is -1.10. The van der Waals surface area contributed by atoms with Crippen molar-refractivity contribution in [2.45, 2.75) is 5.25 Å². The number of halogens is 1. The second-order valence-electron chi connectivity index (χ2n) is 4.03. The Kier molecular flexibility index (Phi) is 4.88. The fourth-order valence-electron chi connectivity index (χ4n) is 1.80. The molecule has 0 heterocycles. The van der Waals surface area contributed by atoms with Gasteiger partial charge in [-0.05, 0) is 23.3 Å². The highest BCUT2D eigenvalue weighted by molar-refractivity contribution is 8.00. The molecule has 2 aromatic carbocycles. The zero-order valence-corrected chi connectivity index (χ0v) is 11.7. The van der Waals surface area contributed by atoms with Gasteiger partial charge in [0.15, 0.2) is 0 Å².